The Kier molecular flexibility index (Phi) is 5.65. The molecule has 0 radical (unpaired) electrons. The SMILES string of the molecule is CCOC(=O)c1cc(OC(F)(F)F)nc(C(F)(F)F)c1CBr. The van der Waals surface area contributed by atoms with Gasteiger partial charge in [-0.25, -0.2) is 9.78 Å². The van der Waals surface area contributed by atoms with Crippen molar-refractivity contribution in [2.45, 2.75) is 24.8 Å². The molecule has 0 aromatic carbocycles. The van der Waals surface area contributed by atoms with Gasteiger partial charge in [0, 0.05) is 17.0 Å². The minimum Gasteiger partial charge on any atom is -0.462 e. The molecule has 1 heterocycles. The molecule has 0 aliphatic carbocycles. The van der Waals surface area contributed by atoms with Crippen LogP contribution < -0.4 is 4.74 Å². The summed E-state index contributed by atoms with van der Waals surface area (Å²) in [6, 6.07) is 0.456. The molecule has 0 atom stereocenters. The highest BCUT2D eigenvalue weighted by molar-refractivity contribution is 9.08. The minimum atomic E-state index is -5.25. The van der Waals surface area contributed by atoms with Crippen molar-refractivity contribution in [1.29, 1.82) is 0 Å². The standard InChI is InChI=1S/C11H8BrF6NO3/c1-2-21-9(20)5-3-7(22-11(16,17)18)19-8(6(5)4-12)10(13,14)15/h3H,2,4H2,1H3. The molecule has 0 fully saturated rings. The van der Waals surface area contributed by atoms with Crippen molar-refractivity contribution >= 4 is 21.9 Å². The average molecular weight is 396 g/mol. The lowest BCUT2D eigenvalue weighted by Gasteiger charge is -2.16. The van der Waals surface area contributed by atoms with Crippen molar-refractivity contribution in [3.8, 4) is 5.88 Å². The van der Waals surface area contributed by atoms with Crippen LogP contribution in [0.3, 0.4) is 0 Å². The number of ether oxygens (including phenoxy) is 2. The molecule has 0 unspecified atom stereocenters. The molecule has 11 heteroatoms. The van der Waals surface area contributed by atoms with Crippen LogP contribution in [-0.2, 0) is 16.2 Å². The predicted octanol–water partition coefficient (Wildman–Crippen LogP) is 4.07. The Balaban J connectivity index is 3.51. The van der Waals surface area contributed by atoms with Gasteiger partial charge < -0.3 is 9.47 Å². The Morgan fingerprint density at radius 2 is 1.86 bits per heavy atom. The largest absolute Gasteiger partial charge is 0.574 e. The first-order valence-electron chi connectivity index (χ1n) is 5.59. The third kappa shape index (κ3) is 4.75. The van der Waals surface area contributed by atoms with Gasteiger partial charge in [0.05, 0.1) is 12.2 Å². The number of aromatic nitrogens is 1. The summed E-state index contributed by atoms with van der Waals surface area (Å²) in [5.74, 6) is -2.61. The van der Waals surface area contributed by atoms with E-state index in [-0.39, 0.29) is 6.61 Å². The second-order valence-electron chi connectivity index (χ2n) is 3.73. The summed E-state index contributed by atoms with van der Waals surface area (Å²) >= 11 is 2.75. The highest BCUT2D eigenvalue weighted by atomic mass is 79.9. The summed E-state index contributed by atoms with van der Waals surface area (Å²) in [6.45, 7) is 1.23. The molecular formula is C11H8BrF6NO3. The fraction of sp³-hybridized carbons (Fsp3) is 0.455. The summed E-state index contributed by atoms with van der Waals surface area (Å²) in [6.07, 6.45) is -10.3. The average Bonchev–Trinajstić information content (AvgIpc) is 2.35. The van der Waals surface area contributed by atoms with E-state index in [2.05, 4.69) is 30.4 Å². The molecule has 0 bridgehead atoms. The quantitative estimate of drug-likeness (QED) is 0.438. The van der Waals surface area contributed by atoms with Crippen LogP contribution in [-0.4, -0.2) is 23.9 Å². The maximum atomic E-state index is 12.9. The van der Waals surface area contributed by atoms with Crippen molar-refractivity contribution < 1.29 is 40.6 Å². The lowest BCUT2D eigenvalue weighted by Crippen LogP contribution is -2.22. The number of alkyl halides is 7. The molecule has 0 spiro atoms. The normalized spacial score (nSPS) is 12.2. The molecule has 0 amide bonds. The van der Waals surface area contributed by atoms with Crippen LogP contribution in [0.15, 0.2) is 6.07 Å². The van der Waals surface area contributed by atoms with Crippen LogP contribution in [0.25, 0.3) is 0 Å². The summed E-state index contributed by atoms with van der Waals surface area (Å²) in [4.78, 5) is 14.4. The van der Waals surface area contributed by atoms with E-state index in [1.54, 1.807) is 0 Å². The van der Waals surface area contributed by atoms with E-state index in [0.29, 0.717) is 6.07 Å². The van der Waals surface area contributed by atoms with Gasteiger partial charge in [-0.05, 0) is 6.92 Å². The molecule has 4 nitrogen and oxygen atoms in total. The van der Waals surface area contributed by atoms with E-state index in [9.17, 15) is 31.1 Å². The van der Waals surface area contributed by atoms with Gasteiger partial charge >= 0.3 is 18.5 Å². The molecule has 0 aliphatic rings. The number of carbonyl (C=O) groups excluding carboxylic acids is 1. The van der Waals surface area contributed by atoms with Gasteiger partial charge in [-0.15, -0.1) is 13.2 Å². The summed E-state index contributed by atoms with van der Waals surface area (Å²) in [5.41, 5.74) is -3.00. The van der Waals surface area contributed by atoms with Gasteiger partial charge in [0.15, 0.2) is 5.69 Å². The maximum Gasteiger partial charge on any atom is 0.574 e. The third-order valence-corrected chi connectivity index (χ3v) is 2.78. The fourth-order valence-corrected chi connectivity index (χ4v) is 2.05. The zero-order chi connectivity index (χ0) is 17.1. The van der Waals surface area contributed by atoms with Gasteiger partial charge in [0.1, 0.15) is 0 Å². The summed E-state index contributed by atoms with van der Waals surface area (Å²) in [7, 11) is 0. The zero-order valence-corrected chi connectivity index (χ0v) is 12.4. The fourth-order valence-electron chi connectivity index (χ4n) is 1.48. The van der Waals surface area contributed by atoms with E-state index in [0.717, 1.165) is 0 Å². The van der Waals surface area contributed by atoms with E-state index < -0.39 is 46.5 Å². The zero-order valence-electron chi connectivity index (χ0n) is 10.8. The van der Waals surface area contributed by atoms with Gasteiger partial charge in [-0.1, -0.05) is 15.9 Å². The molecule has 124 valence electrons. The first kappa shape index (κ1) is 18.5. The first-order valence-corrected chi connectivity index (χ1v) is 6.71. The molecular weight excluding hydrogens is 388 g/mol. The van der Waals surface area contributed by atoms with E-state index >= 15 is 0 Å². The van der Waals surface area contributed by atoms with E-state index in [1.807, 2.05) is 0 Å². The van der Waals surface area contributed by atoms with Gasteiger partial charge in [-0.2, -0.15) is 13.2 Å². The van der Waals surface area contributed by atoms with Gasteiger partial charge in [0.25, 0.3) is 0 Å². The smallest absolute Gasteiger partial charge is 0.462 e. The van der Waals surface area contributed by atoms with Crippen molar-refractivity contribution in [1.82, 2.24) is 4.98 Å². The number of rotatable bonds is 4. The van der Waals surface area contributed by atoms with E-state index in [4.69, 9.17) is 0 Å². The van der Waals surface area contributed by atoms with Crippen LogP contribution in [0.2, 0.25) is 0 Å². The number of halogens is 7. The van der Waals surface area contributed by atoms with Crippen LogP contribution in [0.1, 0.15) is 28.5 Å². The van der Waals surface area contributed by atoms with Crippen molar-refractivity contribution in [3.63, 3.8) is 0 Å². The highest BCUT2D eigenvalue weighted by Gasteiger charge is 2.40. The number of nitrogens with zero attached hydrogens (tertiary/aromatic N) is 1. The third-order valence-electron chi connectivity index (χ3n) is 2.22. The molecule has 0 aliphatic heterocycles. The second-order valence-corrected chi connectivity index (χ2v) is 4.30. The molecule has 0 saturated heterocycles. The van der Waals surface area contributed by atoms with E-state index in [1.165, 1.54) is 6.92 Å². The highest BCUT2D eigenvalue weighted by Crippen LogP contribution is 2.36. The van der Waals surface area contributed by atoms with Crippen LogP contribution in [0.5, 0.6) is 5.88 Å². The Labute approximate surface area is 128 Å². The molecule has 1 aromatic rings. The molecule has 1 rings (SSSR count). The minimum absolute atomic E-state index is 0.167. The molecule has 1 aromatic heterocycles. The molecule has 22 heavy (non-hydrogen) atoms. The summed E-state index contributed by atoms with van der Waals surface area (Å²) < 4.78 is 83.1. The number of esters is 1. The monoisotopic (exact) mass is 395 g/mol. The van der Waals surface area contributed by atoms with Gasteiger partial charge in [-0.3, -0.25) is 0 Å². The lowest BCUT2D eigenvalue weighted by atomic mass is 10.1. The molecule has 0 saturated carbocycles. The van der Waals surface area contributed by atoms with Crippen LogP contribution >= 0.6 is 15.9 Å². The lowest BCUT2D eigenvalue weighted by molar-refractivity contribution is -0.276. The Morgan fingerprint density at radius 3 is 2.27 bits per heavy atom. The maximum absolute atomic E-state index is 12.9. The Morgan fingerprint density at radius 1 is 1.27 bits per heavy atom. The first-order chi connectivity index (χ1) is 9.99. The van der Waals surface area contributed by atoms with Crippen LogP contribution in [0.4, 0.5) is 26.3 Å². The number of hydrogen-bond acceptors (Lipinski definition) is 4. The molecule has 0 N–H and O–H groups in total. The second kappa shape index (κ2) is 6.71. The summed E-state index contributed by atoms with van der Waals surface area (Å²) in [5, 5.41) is -0.463. The van der Waals surface area contributed by atoms with Crippen molar-refractivity contribution in [2.75, 3.05) is 6.61 Å². The number of carbonyl (C=O) groups is 1. The van der Waals surface area contributed by atoms with Crippen LogP contribution in [0, 0.1) is 0 Å². The Hall–Kier alpha value is -1.52. The Bertz CT molecular complexity index is 558. The number of pyridine rings is 1. The number of hydrogen-bond donors (Lipinski definition) is 0. The van der Waals surface area contributed by atoms with Crippen molar-refractivity contribution in [2.24, 2.45) is 0 Å². The van der Waals surface area contributed by atoms with Crippen molar-refractivity contribution in [3.05, 3.63) is 22.9 Å². The predicted molar refractivity (Wildman–Crippen MR) is 64.5 cm³/mol. The van der Waals surface area contributed by atoms with Gasteiger partial charge in [0.2, 0.25) is 5.88 Å². The topological polar surface area (TPSA) is 48.4 Å².